The van der Waals surface area contributed by atoms with Gasteiger partial charge in [0.25, 0.3) is 0 Å². The van der Waals surface area contributed by atoms with Crippen LogP contribution in [-0.4, -0.2) is 35.8 Å². The molecular formula is C22H18F4N2O5S. The van der Waals surface area contributed by atoms with Gasteiger partial charge in [-0.3, -0.25) is 4.98 Å². The standard InChI is InChI=1S/C22H18F4N2O5S/c1-28(34(31,32)18-8-4-16(23)5-9-18)13-14-2-6-17(7-3-14)33-20(21(29)30)19-12-15(10-11-27-19)22(24,25)26/h2-12,20H,13H2,1H3,(H,29,30). The molecule has 3 rings (SSSR count). The number of aliphatic carboxylic acids is 1. The first kappa shape index (κ1) is 25.1. The van der Waals surface area contributed by atoms with E-state index >= 15 is 0 Å². The van der Waals surface area contributed by atoms with Gasteiger partial charge in [-0.2, -0.15) is 17.5 Å². The van der Waals surface area contributed by atoms with Crippen molar-refractivity contribution < 1.29 is 40.6 Å². The van der Waals surface area contributed by atoms with Crippen LogP contribution < -0.4 is 4.74 Å². The van der Waals surface area contributed by atoms with Crippen molar-refractivity contribution in [3.8, 4) is 5.75 Å². The maximum atomic E-state index is 13.1. The van der Waals surface area contributed by atoms with Crippen LogP contribution in [0.5, 0.6) is 5.75 Å². The Hall–Kier alpha value is -3.51. The highest BCUT2D eigenvalue weighted by Crippen LogP contribution is 2.31. The summed E-state index contributed by atoms with van der Waals surface area (Å²) >= 11 is 0. The number of nitrogens with zero attached hydrogens (tertiary/aromatic N) is 2. The highest BCUT2D eigenvalue weighted by molar-refractivity contribution is 7.89. The van der Waals surface area contributed by atoms with Crippen molar-refractivity contribution in [1.29, 1.82) is 0 Å². The monoisotopic (exact) mass is 498 g/mol. The number of sulfonamides is 1. The van der Waals surface area contributed by atoms with Crippen LogP contribution in [0.2, 0.25) is 0 Å². The largest absolute Gasteiger partial charge is 0.478 e. The number of hydrogen-bond acceptors (Lipinski definition) is 5. The summed E-state index contributed by atoms with van der Waals surface area (Å²) in [6.45, 7) is -0.0580. The van der Waals surface area contributed by atoms with Crippen LogP contribution >= 0.6 is 0 Å². The lowest BCUT2D eigenvalue weighted by Gasteiger charge is -2.18. The Morgan fingerprint density at radius 3 is 2.26 bits per heavy atom. The normalized spacial score (nSPS) is 13.0. The van der Waals surface area contributed by atoms with Crippen LogP contribution in [0.1, 0.15) is 22.9 Å². The van der Waals surface area contributed by atoms with Gasteiger partial charge in [0.1, 0.15) is 11.6 Å². The number of hydrogen-bond donors (Lipinski definition) is 1. The lowest BCUT2D eigenvalue weighted by molar-refractivity contribution is -0.146. The summed E-state index contributed by atoms with van der Waals surface area (Å²) in [5.74, 6) is -2.09. The fourth-order valence-electron chi connectivity index (χ4n) is 2.94. The van der Waals surface area contributed by atoms with E-state index in [-0.39, 0.29) is 17.2 Å². The fraction of sp³-hybridized carbons (Fsp3) is 0.182. The SMILES string of the molecule is CN(Cc1ccc(OC(C(=O)O)c2cc(C(F)(F)F)ccn2)cc1)S(=O)(=O)c1ccc(F)cc1. The fourth-order valence-corrected chi connectivity index (χ4v) is 4.10. The van der Waals surface area contributed by atoms with Crippen LogP contribution in [0.4, 0.5) is 17.6 Å². The number of aromatic nitrogens is 1. The Morgan fingerprint density at radius 1 is 1.09 bits per heavy atom. The Kier molecular flexibility index (Phi) is 7.22. The lowest BCUT2D eigenvalue weighted by Crippen LogP contribution is -2.26. The number of carboxylic acids is 1. The molecule has 1 aromatic heterocycles. The second-order valence-electron chi connectivity index (χ2n) is 7.16. The predicted molar refractivity (Wildman–Crippen MR) is 112 cm³/mol. The predicted octanol–water partition coefficient (Wildman–Crippen LogP) is 4.26. The van der Waals surface area contributed by atoms with Crippen LogP contribution in [0.15, 0.2) is 71.8 Å². The first-order valence-corrected chi connectivity index (χ1v) is 11.1. The zero-order valence-corrected chi connectivity index (χ0v) is 18.3. The molecule has 0 aliphatic carbocycles. The molecule has 2 aromatic carbocycles. The summed E-state index contributed by atoms with van der Waals surface area (Å²) in [5.41, 5.74) is -0.978. The maximum Gasteiger partial charge on any atom is 0.416 e. The van der Waals surface area contributed by atoms with Crippen molar-refractivity contribution in [2.75, 3.05) is 7.05 Å². The number of ether oxygens (including phenoxy) is 1. The van der Waals surface area contributed by atoms with E-state index in [1.165, 1.54) is 31.3 Å². The average Bonchev–Trinajstić information content (AvgIpc) is 2.78. The molecule has 0 radical (unpaired) electrons. The number of halogens is 4. The molecule has 3 aromatic rings. The molecule has 0 spiro atoms. The van der Waals surface area contributed by atoms with Crippen molar-refractivity contribution in [2.45, 2.75) is 23.7 Å². The van der Waals surface area contributed by atoms with E-state index in [0.29, 0.717) is 17.7 Å². The molecule has 1 atom stereocenters. The number of benzene rings is 2. The summed E-state index contributed by atoms with van der Waals surface area (Å²) in [6, 6.07) is 11.3. The number of alkyl halides is 3. The summed E-state index contributed by atoms with van der Waals surface area (Å²) in [4.78, 5) is 15.2. The van der Waals surface area contributed by atoms with Gasteiger partial charge in [-0.25, -0.2) is 17.6 Å². The smallest absolute Gasteiger partial charge is 0.416 e. The topological polar surface area (TPSA) is 96.8 Å². The third kappa shape index (κ3) is 5.88. The van der Waals surface area contributed by atoms with Gasteiger partial charge in [0.2, 0.25) is 16.1 Å². The molecular weight excluding hydrogens is 480 g/mol. The Bertz CT molecular complexity index is 1260. The van der Waals surface area contributed by atoms with Crippen LogP contribution in [-0.2, 0) is 27.5 Å². The van der Waals surface area contributed by atoms with Crippen molar-refractivity contribution in [1.82, 2.24) is 9.29 Å². The molecule has 0 amide bonds. The Labute approximate surface area is 192 Å². The highest BCUT2D eigenvalue weighted by Gasteiger charge is 2.33. The van der Waals surface area contributed by atoms with E-state index < -0.39 is 45.3 Å². The Morgan fingerprint density at radius 2 is 1.71 bits per heavy atom. The second kappa shape index (κ2) is 9.77. The van der Waals surface area contributed by atoms with Crippen molar-refractivity contribution in [3.63, 3.8) is 0 Å². The van der Waals surface area contributed by atoms with Crippen molar-refractivity contribution >= 4 is 16.0 Å². The third-order valence-electron chi connectivity index (χ3n) is 4.71. The molecule has 34 heavy (non-hydrogen) atoms. The van der Waals surface area contributed by atoms with Gasteiger partial charge in [0.05, 0.1) is 16.2 Å². The quantitative estimate of drug-likeness (QED) is 0.466. The minimum Gasteiger partial charge on any atom is -0.478 e. The van der Waals surface area contributed by atoms with Crippen molar-refractivity contribution in [2.24, 2.45) is 0 Å². The molecule has 7 nitrogen and oxygen atoms in total. The molecule has 0 bridgehead atoms. The van der Waals surface area contributed by atoms with Crippen LogP contribution in [0, 0.1) is 5.82 Å². The molecule has 0 saturated carbocycles. The summed E-state index contributed by atoms with van der Waals surface area (Å²) in [6.07, 6.45) is -5.63. The molecule has 0 saturated heterocycles. The van der Waals surface area contributed by atoms with E-state index in [1.54, 1.807) is 0 Å². The van der Waals surface area contributed by atoms with Crippen LogP contribution in [0.25, 0.3) is 0 Å². The van der Waals surface area contributed by atoms with E-state index in [9.17, 15) is 35.9 Å². The summed E-state index contributed by atoms with van der Waals surface area (Å²) < 4.78 is 83.5. The first-order chi connectivity index (χ1) is 15.9. The first-order valence-electron chi connectivity index (χ1n) is 9.61. The van der Waals surface area contributed by atoms with E-state index in [4.69, 9.17) is 4.74 Å². The van der Waals surface area contributed by atoms with E-state index in [2.05, 4.69) is 4.98 Å². The van der Waals surface area contributed by atoms with E-state index in [1.807, 2.05) is 0 Å². The zero-order valence-electron chi connectivity index (χ0n) is 17.5. The van der Waals surface area contributed by atoms with E-state index in [0.717, 1.165) is 34.8 Å². The second-order valence-corrected chi connectivity index (χ2v) is 9.21. The molecule has 1 N–H and O–H groups in total. The maximum absolute atomic E-state index is 13.1. The van der Waals surface area contributed by atoms with Gasteiger partial charge < -0.3 is 9.84 Å². The minimum absolute atomic E-state index is 0.0272. The molecule has 1 heterocycles. The highest BCUT2D eigenvalue weighted by atomic mass is 32.2. The van der Waals surface area contributed by atoms with Gasteiger partial charge >= 0.3 is 12.1 Å². The zero-order chi connectivity index (χ0) is 25.1. The summed E-state index contributed by atoms with van der Waals surface area (Å²) in [5, 5.41) is 9.43. The van der Waals surface area contributed by atoms with Gasteiger partial charge in [-0.15, -0.1) is 0 Å². The minimum atomic E-state index is -4.68. The van der Waals surface area contributed by atoms with Gasteiger partial charge in [0.15, 0.2) is 0 Å². The van der Waals surface area contributed by atoms with Crippen molar-refractivity contribution in [3.05, 3.63) is 89.5 Å². The summed E-state index contributed by atoms with van der Waals surface area (Å²) in [7, 11) is -2.55. The molecule has 0 aliphatic rings. The number of pyridine rings is 1. The molecule has 180 valence electrons. The molecule has 1 unspecified atom stereocenters. The van der Waals surface area contributed by atoms with Gasteiger partial charge in [-0.1, -0.05) is 12.1 Å². The molecule has 12 heteroatoms. The third-order valence-corrected chi connectivity index (χ3v) is 6.52. The number of carboxylic acid groups (broad SMARTS) is 1. The Balaban J connectivity index is 1.74. The van der Waals surface area contributed by atoms with Gasteiger partial charge in [-0.05, 0) is 54.1 Å². The lowest BCUT2D eigenvalue weighted by atomic mass is 10.1. The number of rotatable bonds is 8. The van der Waals surface area contributed by atoms with Crippen LogP contribution in [0.3, 0.4) is 0 Å². The number of carbonyl (C=O) groups is 1. The van der Waals surface area contributed by atoms with Gasteiger partial charge in [0, 0.05) is 19.8 Å². The molecule has 0 aliphatic heterocycles. The average molecular weight is 498 g/mol. The molecule has 0 fully saturated rings.